The molecule has 0 radical (unpaired) electrons. The van der Waals surface area contributed by atoms with Crippen molar-refractivity contribution in [2.45, 2.75) is 26.4 Å². The Labute approximate surface area is 154 Å². The molecular weight excluding hydrogens is 360 g/mol. The van der Waals surface area contributed by atoms with E-state index in [4.69, 9.17) is 14.2 Å². The maximum atomic E-state index is 12.2. The molecule has 0 amide bonds. The van der Waals surface area contributed by atoms with Crippen LogP contribution in [0.2, 0.25) is 0 Å². The number of hydrogen-bond acceptors (Lipinski definition) is 8. The van der Waals surface area contributed by atoms with Crippen LogP contribution in [0.5, 0.6) is 5.75 Å². The molecule has 1 aromatic carbocycles. The molecule has 2 aromatic rings. The fraction of sp³-hybridized carbons (Fsp3) is 0.389. The summed E-state index contributed by atoms with van der Waals surface area (Å²) >= 11 is 1.11. The molecule has 26 heavy (non-hydrogen) atoms. The monoisotopic (exact) mass is 380 g/mol. The highest BCUT2D eigenvalue weighted by Gasteiger charge is 2.24. The number of methoxy groups -OCH3 is 2. The van der Waals surface area contributed by atoms with Crippen molar-refractivity contribution in [3.63, 3.8) is 0 Å². The summed E-state index contributed by atoms with van der Waals surface area (Å²) in [7, 11) is 2.49. The Bertz CT molecular complexity index is 845. The lowest BCUT2D eigenvalue weighted by molar-refractivity contribution is -0.142. The van der Waals surface area contributed by atoms with Gasteiger partial charge in [0.15, 0.2) is 17.2 Å². The summed E-state index contributed by atoms with van der Waals surface area (Å²) in [4.78, 5) is 35.8. The topological polar surface area (TPSA) is 88.1 Å². The molecule has 2 rings (SSSR count). The molecule has 0 N–H and O–H groups in total. The molecule has 1 aromatic heterocycles. The van der Waals surface area contributed by atoms with Crippen LogP contribution in [0.25, 0.3) is 10.1 Å². The summed E-state index contributed by atoms with van der Waals surface area (Å²) in [5, 5.41) is 0.589. The Morgan fingerprint density at radius 3 is 2.31 bits per heavy atom. The second-order valence-corrected chi connectivity index (χ2v) is 7.38. The molecule has 7 nitrogen and oxygen atoms in total. The van der Waals surface area contributed by atoms with Crippen LogP contribution in [0.4, 0.5) is 0 Å². The van der Waals surface area contributed by atoms with Crippen molar-refractivity contribution in [2.24, 2.45) is 0 Å². The van der Waals surface area contributed by atoms with Gasteiger partial charge in [-0.1, -0.05) is 0 Å². The number of rotatable bonds is 5. The van der Waals surface area contributed by atoms with Gasteiger partial charge in [0.2, 0.25) is 0 Å². The van der Waals surface area contributed by atoms with E-state index in [0.29, 0.717) is 15.6 Å². The first-order valence-corrected chi connectivity index (χ1v) is 8.55. The second-order valence-electron chi connectivity index (χ2n) is 6.33. The fourth-order valence-electron chi connectivity index (χ4n) is 2.10. The molecule has 0 fully saturated rings. The third kappa shape index (κ3) is 4.51. The van der Waals surface area contributed by atoms with E-state index in [9.17, 15) is 14.4 Å². The largest absolute Gasteiger partial charge is 0.479 e. The predicted molar refractivity (Wildman–Crippen MR) is 95.8 cm³/mol. The van der Waals surface area contributed by atoms with E-state index >= 15 is 0 Å². The minimum absolute atomic E-state index is 0.202. The summed E-state index contributed by atoms with van der Waals surface area (Å²) in [5.41, 5.74) is -0.266. The van der Waals surface area contributed by atoms with Crippen LogP contribution in [-0.4, -0.2) is 44.3 Å². The zero-order valence-corrected chi connectivity index (χ0v) is 16.0. The van der Waals surface area contributed by atoms with Crippen LogP contribution >= 0.6 is 11.3 Å². The summed E-state index contributed by atoms with van der Waals surface area (Å²) < 4.78 is 20.8. The Balaban J connectivity index is 2.44. The van der Waals surface area contributed by atoms with Gasteiger partial charge in [-0.3, -0.25) is 0 Å². The Morgan fingerprint density at radius 1 is 1.04 bits per heavy atom. The molecule has 1 heterocycles. The van der Waals surface area contributed by atoms with Gasteiger partial charge in [0.25, 0.3) is 0 Å². The molecule has 0 saturated heterocycles. The van der Waals surface area contributed by atoms with Crippen molar-refractivity contribution < 1.29 is 33.3 Å². The van der Waals surface area contributed by atoms with Crippen molar-refractivity contribution in [3.8, 4) is 5.75 Å². The van der Waals surface area contributed by atoms with E-state index in [2.05, 4.69) is 4.74 Å². The molecule has 0 saturated carbocycles. The number of esters is 3. The maximum Gasteiger partial charge on any atom is 0.351 e. The first-order chi connectivity index (χ1) is 12.2. The number of fused-ring (bicyclic) bond motifs is 1. The van der Waals surface area contributed by atoms with E-state index < -0.39 is 23.5 Å². The van der Waals surface area contributed by atoms with Crippen molar-refractivity contribution in [2.75, 3.05) is 20.8 Å². The Kier molecular flexibility index (Phi) is 5.86. The van der Waals surface area contributed by atoms with Crippen LogP contribution in [0, 0.1) is 0 Å². The summed E-state index contributed by atoms with van der Waals surface area (Å²) in [6.45, 7) is 4.99. The lowest BCUT2D eigenvalue weighted by Crippen LogP contribution is -2.23. The van der Waals surface area contributed by atoms with E-state index in [1.54, 1.807) is 39.0 Å². The zero-order chi connectivity index (χ0) is 19.5. The van der Waals surface area contributed by atoms with Gasteiger partial charge in [-0.15, -0.1) is 11.3 Å². The van der Waals surface area contributed by atoms with Crippen molar-refractivity contribution in [1.82, 2.24) is 0 Å². The van der Waals surface area contributed by atoms with Gasteiger partial charge < -0.3 is 18.9 Å². The molecule has 0 spiro atoms. The third-order valence-electron chi connectivity index (χ3n) is 3.21. The van der Waals surface area contributed by atoms with E-state index in [0.717, 1.165) is 11.3 Å². The highest BCUT2D eigenvalue weighted by Crippen LogP contribution is 2.39. The maximum absolute atomic E-state index is 12.2. The number of carbonyl (C=O) groups is 3. The normalized spacial score (nSPS) is 11.1. The van der Waals surface area contributed by atoms with Crippen LogP contribution in [0.3, 0.4) is 0 Å². The van der Waals surface area contributed by atoms with Gasteiger partial charge in [0, 0.05) is 10.1 Å². The lowest BCUT2D eigenvalue weighted by atomic mass is 10.1. The van der Waals surface area contributed by atoms with E-state index in [-0.39, 0.29) is 17.2 Å². The standard InChI is InChI=1S/C18H20O7S/c1-18(2,3)25-16(20)10-6-7-11-12(8-10)26-15(17(21)23-5)14(11)24-9-13(19)22-4/h6-8H,9H2,1-5H3. The molecule has 140 valence electrons. The second kappa shape index (κ2) is 7.74. The first-order valence-electron chi connectivity index (χ1n) is 7.74. The molecule has 0 atom stereocenters. The van der Waals surface area contributed by atoms with Crippen molar-refractivity contribution in [3.05, 3.63) is 28.6 Å². The lowest BCUT2D eigenvalue weighted by Gasteiger charge is -2.19. The number of hydrogen-bond donors (Lipinski definition) is 0. The Morgan fingerprint density at radius 2 is 1.73 bits per heavy atom. The minimum atomic E-state index is -0.618. The molecule has 0 unspecified atom stereocenters. The van der Waals surface area contributed by atoms with Crippen LogP contribution in [0.1, 0.15) is 40.8 Å². The SMILES string of the molecule is COC(=O)COc1c(C(=O)OC)sc2cc(C(=O)OC(C)(C)C)ccc12. The Hall–Kier alpha value is -2.61. The zero-order valence-electron chi connectivity index (χ0n) is 15.2. The average molecular weight is 380 g/mol. The number of ether oxygens (including phenoxy) is 4. The number of carbonyl (C=O) groups excluding carboxylic acids is 3. The molecule has 0 aliphatic heterocycles. The first kappa shape index (κ1) is 19.7. The number of thiophene rings is 1. The average Bonchev–Trinajstić information content (AvgIpc) is 2.95. The molecule has 0 bridgehead atoms. The van der Waals surface area contributed by atoms with Gasteiger partial charge in [-0.05, 0) is 39.0 Å². The van der Waals surface area contributed by atoms with Crippen LogP contribution in [-0.2, 0) is 19.0 Å². The van der Waals surface area contributed by atoms with Crippen molar-refractivity contribution >= 4 is 39.3 Å². The highest BCUT2D eigenvalue weighted by atomic mass is 32.1. The van der Waals surface area contributed by atoms with Gasteiger partial charge in [-0.2, -0.15) is 0 Å². The number of benzene rings is 1. The quantitative estimate of drug-likeness (QED) is 0.581. The molecular formula is C18H20O7S. The van der Waals surface area contributed by atoms with Gasteiger partial charge >= 0.3 is 17.9 Å². The van der Waals surface area contributed by atoms with Crippen LogP contribution in [0.15, 0.2) is 18.2 Å². The molecule has 0 aliphatic carbocycles. The van der Waals surface area contributed by atoms with Gasteiger partial charge in [-0.25, -0.2) is 14.4 Å². The summed E-state index contributed by atoms with van der Waals surface area (Å²) in [5.74, 6) is -1.42. The molecule has 0 aliphatic rings. The summed E-state index contributed by atoms with van der Waals surface area (Å²) in [6, 6.07) is 4.84. The van der Waals surface area contributed by atoms with E-state index in [1.165, 1.54) is 14.2 Å². The predicted octanol–water partition coefficient (Wildman–Crippen LogP) is 3.20. The van der Waals surface area contributed by atoms with Gasteiger partial charge in [0.05, 0.1) is 19.8 Å². The minimum Gasteiger partial charge on any atom is -0.479 e. The smallest absolute Gasteiger partial charge is 0.351 e. The van der Waals surface area contributed by atoms with Crippen molar-refractivity contribution in [1.29, 1.82) is 0 Å². The highest BCUT2D eigenvalue weighted by molar-refractivity contribution is 7.21. The fourth-order valence-corrected chi connectivity index (χ4v) is 3.20. The van der Waals surface area contributed by atoms with Gasteiger partial charge in [0.1, 0.15) is 5.60 Å². The van der Waals surface area contributed by atoms with E-state index in [1.807, 2.05) is 0 Å². The van der Waals surface area contributed by atoms with Crippen LogP contribution < -0.4 is 4.74 Å². The third-order valence-corrected chi connectivity index (χ3v) is 4.33. The molecule has 8 heteroatoms. The summed E-state index contributed by atoms with van der Waals surface area (Å²) in [6.07, 6.45) is 0.